The fourth-order valence-corrected chi connectivity index (χ4v) is 2.25. The first-order valence-electron chi connectivity index (χ1n) is 5.49. The van der Waals surface area contributed by atoms with Gasteiger partial charge in [-0.1, -0.05) is 0 Å². The minimum Gasteiger partial charge on any atom is -0.398 e. The summed E-state index contributed by atoms with van der Waals surface area (Å²) >= 11 is 1.91. The summed E-state index contributed by atoms with van der Waals surface area (Å²) < 4.78 is 27.4. The molecule has 2 aromatic rings. The van der Waals surface area contributed by atoms with Crippen molar-refractivity contribution in [2.24, 2.45) is 5.73 Å². The second-order valence-electron chi connectivity index (χ2n) is 4.03. The smallest absolute Gasteiger partial charge is 0.250 e. The second-order valence-corrected chi connectivity index (χ2v) is 5.19. The van der Waals surface area contributed by atoms with E-state index in [0.29, 0.717) is 9.26 Å². The topological polar surface area (TPSA) is 81.1 Å². The SMILES string of the molecule is NC(=O)c1cc(Nc2ccc(F)cc2I)c(F)cc1N. The third-order valence-electron chi connectivity index (χ3n) is 2.61. The fourth-order valence-electron chi connectivity index (χ4n) is 1.63. The van der Waals surface area contributed by atoms with E-state index in [0.717, 1.165) is 6.07 Å². The monoisotopic (exact) mass is 389 g/mol. The molecule has 5 N–H and O–H groups in total. The Bertz CT molecular complexity index is 692. The molecule has 0 saturated heterocycles. The van der Waals surface area contributed by atoms with Crippen LogP contribution in [0.25, 0.3) is 0 Å². The Morgan fingerprint density at radius 1 is 1.15 bits per heavy atom. The summed E-state index contributed by atoms with van der Waals surface area (Å²) in [7, 11) is 0. The molecule has 0 heterocycles. The molecule has 2 rings (SSSR count). The predicted molar refractivity (Wildman–Crippen MR) is 81.7 cm³/mol. The number of carbonyl (C=O) groups excluding carboxylic acids is 1. The molecule has 7 heteroatoms. The molecule has 0 aliphatic carbocycles. The van der Waals surface area contributed by atoms with Crippen LogP contribution < -0.4 is 16.8 Å². The van der Waals surface area contributed by atoms with Gasteiger partial charge in [0.05, 0.1) is 16.9 Å². The van der Waals surface area contributed by atoms with E-state index in [1.807, 2.05) is 22.6 Å². The number of halogens is 3. The zero-order valence-electron chi connectivity index (χ0n) is 10.1. The van der Waals surface area contributed by atoms with Gasteiger partial charge in [-0.05, 0) is 52.9 Å². The highest BCUT2D eigenvalue weighted by molar-refractivity contribution is 14.1. The zero-order chi connectivity index (χ0) is 14.9. The predicted octanol–water partition coefficient (Wildman–Crippen LogP) is 2.99. The molecular weight excluding hydrogens is 379 g/mol. The number of anilines is 3. The molecule has 0 atom stereocenters. The first-order chi connectivity index (χ1) is 9.38. The Kier molecular flexibility index (Phi) is 4.07. The van der Waals surface area contributed by atoms with Crippen molar-refractivity contribution in [1.29, 1.82) is 0 Å². The Hall–Kier alpha value is -1.90. The third kappa shape index (κ3) is 2.98. The molecule has 0 spiro atoms. The van der Waals surface area contributed by atoms with E-state index in [-0.39, 0.29) is 16.9 Å². The van der Waals surface area contributed by atoms with Crippen LogP contribution in [0.15, 0.2) is 30.3 Å². The maximum Gasteiger partial charge on any atom is 0.250 e. The molecular formula is C13H10F2IN3O. The molecule has 4 nitrogen and oxygen atoms in total. The number of carbonyl (C=O) groups is 1. The lowest BCUT2D eigenvalue weighted by molar-refractivity contribution is 0.100. The summed E-state index contributed by atoms with van der Waals surface area (Å²) in [6.45, 7) is 0. The van der Waals surface area contributed by atoms with Gasteiger partial charge in [-0.15, -0.1) is 0 Å². The quantitative estimate of drug-likeness (QED) is 0.558. The van der Waals surface area contributed by atoms with E-state index in [9.17, 15) is 13.6 Å². The molecule has 1 amide bonds. The standard InChI is InChI=1S/C13H10F2IN3O/c14-6-1-2-11(9(16)3-6)19-12-4-7(13(18)20)10(17)5-8(12)15/h1-5,19H,17H2,(H2,18,20). The molecule has 0 saturated carbocycles. The summed E-state index contributed by atoms with van der Waals surface area (Å²) in [6.07, 6.45) is 0. The van der Waals surface area contributed by atoms with Gasteiger partial charge in [-0.3, -0.25) is 4.79 Å². The number of nitrogens with one attached hydrogen (secondary N) is 1. The minimum atomic E-state index is -0.751. The van der Waals surface area contributed by atoms with Gasteiger partial charge in [0.1, 0.15) is 11.6 Å². The summed E-state index contributed by atoms with van der Waals surface area (Å²) in [5, 5.41) is 2.78. The van der Waals surface area contributed by atoms with E-state index >= 15 is 0 Å². The molecule has 0 unspecified atom stereocenters. The molecule has 0 radical (unpaired) electrons. The van der Waals surface area contributed by atoms with Crippen molar-refractivity contribution in [3.8, 4) is 0 Å². The van der Waals surface area contributed by atoms with Crippen molar-refractivity contribution in [1.82, 2.24) is 0 Å². The average Bonchev–Trinajstić information content (AvgIpc) is 2.35. The highest BCUT2D eigenvalue weighted by atomic mass is 127. The highest BCUT2D eigenvalue weighted by Gasteiger charge is 2.13. The maximum atomic E-state index is 13.8. The lowest BCUT2D eigenvalue weighted by Crippen LogP contribution is -2.14. The maximum absolute atomic E-state index is 13.8. The zero-order valence-corrected chi connectivity index (χ0v) is 12.2. The molecule has 104 valence electrons. The van der Waals surface area contributed by atoms with E-state index < -0.39 is 17.5 Å². The summed E-state index contributed by atoms with van der Waals surface area (Å²) in [6, 6.07) is 6.25. The van der Waals surface area contributed by atoms with E-state index in [2.05, 4.69) is 5.32 Å². The van der Waals surface area contributed by atoms with Crippen molar-refractivity contribution in [3.05, 3.63) is 51.1 Å². The number of rotatable bonds is 3. The van der Waals surface area contributed by atoms with Crippen LogP contribution in [-0.2, 0) is 0 Å². The van der Waals surface area contributed by atoms with E-state index in [1.165, 1.54) is 24.3 Å². The Labute approximate surface area is 127 Å². The molecule has 0 aromatic heterocycles. The van der Waals surface area contributed by atoms with Gasteiger partial charge in [-0.25, -0.2) is 8.78 Å². The van der Waals surface area contributed by atoms with E-state index in [1.54, 1.807) is 0 Å². The number of hydrogen-bond acceptors (Lipinski definition) is 3. The molecule has 2 aromatic carbocycles. The first-order valence-corrected chi connectivity index (χ1v) is 6.57. The van der Waals surface area contributed by atoms with Crippen LogP contribution in [0, 0.1) is 15.2 Å². The lowest BCUT2D eigenvalue weighted by atomic mass is 10.1. The van der Waals surface area contributed by atoms with Gasteiger partial charge in [0.25, 0.3) is 5.91 Å². The van der Waals surface area contributed by atoms with Gasteiger partial charge in [0.2, 0.25) is 0 Å². The number of nitrogen functional groups attached to an aromatic ring is 1. The molecule has 20 heavy (non-hydrogen) atoms. The Morgan fingerprint density at radius 3 is 2.45 bits per heavy atom. The van der Waals surface area contributed by atoms with Crippen LogP contribution in [0.3, 0.4) is 0 Å². The number of hydrogen-bond donors (Lipinski definition) is 3. The Morgan fingerprint density at radius 2 is 1.85 bits per heavy atom. The normalized spacial score (nSPS) is 10.3. The minimum absolute atomic E-state index is 0.0195. The van der Waals surface area contributed by atoms with Crippen LogP contribution in [0.2, 0.25) is 0 Å². The Balaban J connectivity index is 2.43. The molecule has 0 fully saturated rings. The van der Waals surface area contributed by atoms with Crippen LogP contribution in [0.5, 0.6) is 0 Å². The van der Waals surface area contributed by atoms with Gasteiger partial charge in [-0.2, -0.15) is 0 Å². The summed E-state index contributed by atoms with van der Waals surface area (Å²) in [4.78, 5) is 11.2. The summed E-state index contributed by atoms with van der Waals surface area (Å²) in [5.74, 6) is -1.78. The second kappa shape index (κ2) is 5.61. The van der Waals surface area contributed by atoms with E-state index in [4.69, 9.17) is 11.5 Å². The number of primary amides is 1. The summed E-state index contributed by atoms with van der Waals surface area (Å²) in [5.41, 5.74) is 11.2. The first kappa shape index (κ1) is 14.5. The van der Waals surface area contributed by atoms with Crippen molar-refractivity contribution < 1.29 is 13.6 Å². The van der Waals surface area contributed by atoms with Gasteiger partial charge in [0, 0.05) is 9.26 Å². The van der Waals surface area contributed by atoms with Crippen LogP contribution >= 0.6 is 22.6 Å². The molecule has 0 bridgehead atoms. The largest absolute Gasteiger partial charge is 0.398 e. The van der Waals surface area contributed by atoms with Crippen molar-refractivity contribution >= 4 is 45.6 Å². The lowest BCUT2D eigenvalue weighted by Gasteiger charge is -2.12. The van der Waals surface area contributed by atoms with Crippen molar-refractivity contribution in [2.75, 3.05) is 11.1 Å². The number of amides is 1. The van der Waals surface area contributed by atoms with Crippen LogP contribution in [0.1, 0.15) is 10.4 Å². The van der Waals surface area contributed by atoms with Crippen molar-refractivity contribution in [2.45, 2.75) is 0 Å². The van der Waals surface area contributed by atoms with Crippen molar-refractivity contribution in [3.63, 3.8) is 0 Å². The van der Waals surface area contributed by atoms with Gasteiger partial charge < -0.3 is 16.8 Å². The highest BCUT2D eigenvalue weighted by Crippen LogP contribution is 2.28. The number of benzene rings is 2. The molecule has 0 aliphatic rings. The third-order valence-corrected chi connectivity index (χ3v) is 3.50. The van der Waals surface area contributed by atoms with Gasteiger partial charge >= 0.3 is 0 Å². The molecule has 0 aliphatic heterocycles. The van der Waals surface area contributed by atoms with Crippen LogP contribution in [-0.4, -0.2) is 5.91 Å². The number of nitrogens with two attached hydrogens (primary N) is 2. The fraction of sp³-hybridized carbons (Fsp3) is 0. The average molecular weight is 389 g/mol. The van der Waals surface area contributed by atoms with Gasteiger partial charge in [0.15, 0.2) is 0 Å². The van der Waals surface area contributed by atoms with Crippen LogP contribution in [0.4, 0.5) is 25.8 Å².